The Morgan fingerprint density at radius 1 is 1.10 bits per heavy atom. The fraction of sp³-hybridized carbons (Fsp3) is 0.182. The van der Waals surface area contributed by atoms with Crippen LogP contribution < -0.4 is 5.32 Å². The summed E-state index contributed by atoms with van der Waals surface area (Å²) in [6.07, 6.45) is 3.03. The van der Waals surface area contributed by atoms with Gasteiger partial charge < -0.3 is 5.32 Å². The summed E-state index contributed by atoms with van der Waals surface area (Å²) >= 11 is 0. The number of amides is 1. The van der Waals surface area contributed by atoms with Crippen LogP contribution in [0.1, 0.15) is 32.3 Å². The lowest BCUT2D eigenvalue weighted by Gasteiger charge is -2.20. The molecule has 1 heterocycles. The molecule has 29 heavy (non-hydrogen) atoms. The molecule has 1 aromatic heterocycles. The van der Waals surface area contributed by atoms with Crippen LogP contribution in [0.25, 0.3) is 0 Å². The van der Waals surface area contributed by atoms with E-state index in [9.17, 15) is 17.6 Å². The number of rotatable bonds is 6. The molecule has 150 valence electrons. The van der Waals surface area contributed by atoms with E-state index in [2.05, 4.69) is 10.3 Å². The van der Waals surface area contributed by atoms with Gasteiger partial charge in [0.15, 0.2) is 9.84 Å². The van der Waals surface area contributed by atoms with Crippen molar-refractivity contribution in [1.29, 1.82) is 0 Å². The van der Waals surface area contributed by atoms with Gasteiger partial charge in [-0.25, -0.2) is 12.8 Å². The molecule has 0 fully saturated rings. The van der Waals surface area contributed by atoms with E-state index in [0.717, 1.165) is 11.6 Å². The van der Waals surface area contributed by atoms with Crippen molar-refractivity contribution in [3.63, 3.8) is 0 Å². The highest BCUT2D eigenvalue weighted by Gasteiger charge is 2.31. The average Bonchev–Trinajstić information content (AvgIpc) is 2.70. The van der Waals surface area contributed by atoms with Crippen LogP contribution in [0, 0.1) is 19.7 Å². The monoisotopic (exact) mass is 412 g/mol. The zero-order valence-electron chi connectivity index (χ0n) is 16.1. The van der Waals surface area contributed by atoms with E-state index < -0.39 is 26.8 Å². The Kier molecular flexibility index (Phi) is 6.08. The third-order valence-electron chi connectivity index (χ3n) is 4.62. The standard InChI is InChI=1S/C22H21FN2O3S/c1-15-8-9-16(2)20(11-15)29(27,28)21(18-6-4-10-24-13-18)14-25-22(26)17-5-3-7-19(23)12-17/h3-13,21H,14H2,1-2H3,(H,25,26)/t21-/m1/s1. The maximum Gasteiger partial charge on any atom is 0.251 e. The summed E-state index contributed by atoms with van der Waals surface area (Å²) in [5.41, 5.74) is 2.04. The zero-order valence-corrected chi connectivity index (χ0v) is 16.9. The number of carbonyl (C=O) groups excluding carboxylic acids is 1. The summed E-state index contributed by atoms with van der Waals surface area (Å²) in [6.45, 7) is 3.39. The van der Waals surface area contributed by atoms with Gasteiger partial charge in [-0.05, 0) is 60.9 Å². The lowest BCUT2D eigenvalue weighted by molar-refractivity contribution is 0.0953. The summed E-state index contributed by atoms with van der Waals surface area (Å²) in [6, 6.07) is 13.8. The van der Waals surface area contributed by atoms with Crippen molar-refractivity contribution in [2.45, 2.75) is 24.0 Å². The van der Waals surface area contributed by atoms with Gasteiger partial charge in [-0.2, -0.15) is 0 Å². The van der Waals surface area contributed by atoms with Crippen LogP contribution in [0.2, 0.25) is 0 Å². The molecule has 0 aliphatic carbocycles. The minimum absolute atomic E-state index is 0.124. The Morgan fingerprint density at radius 2 is 1.90 bits per heavy atom. The van der Waals surface area contributed by atoms with Gasteiger partial charge in [-0.3, -0.25) is 9.78 Å². The van der Waals surface area contributed by atoms with Gasteiger partial charge in [0.2, 0.25) is 0 Å². The van der Waals surface area contributed by atoms with Crippen LogP contribution in [-0.2, 0) is 9.84 Å². The summed E-state index contributed by atoms with van der Waals surface area (Å²) in [5, 5.41) is 1.59. The molecule has 0 aliphatic rings. The molecule has 0 aliphatic heterocycles. The molecule has 0 spiro atoms. The minimum atomic E-state index is -3.82. The molecular weight excluding hydrogens is 391 g/mol. The Bertz CT molecular complexity index is 1130. The molecule has 3 rings (SSSR count). The Morgan fingerprint density at radius 3 is 2.59 bits per heavy atom. The highest BCUT2D eigenvalue weighted by molar-refractivity contribution is 7.91. The Labute approximate surface area is 169 Å². The number of sulfone groups is 1. The highest BCUT2D eigenvalue weighted by Crippen LogP contribution is 2.30. The van der Waals surface area contributed by atoms with Gasteiger partial charge in [-0.15, -0.1) is 0 Å². The first-order chi connectivity index (χ1) is 13.8. The normalized spacial score (nSPS) is 12.4. The third kappa shape index (κ3) is 4.68. The van der Waals surface area contributed by atoms with Crippen molar-refractivity contribution >= 4 is 15.7 Å². The van der Waals surface area contributed by atoms with Crippen LogP contribution in [0.3, 0.4) is 0 Å². The van der Waals surface area contributed by atoms with Gasteiger partial charge in [0.05, 0.1) is 4.90 Å². The van der Waals surface area contributed by atoms with E-state index in [1.807, 2.05) is 13.0 Å². The van der Waals surface area contributed by atoms with E-state index in [0.29, 0.717) is 11.1 Å². The second-order valence-corrected chi connectivity index (χ2v) is 8.91. The quantitative estimate of drug-likeness (QED) is 0.668. The third-order valence-corrected chi connectivity index (χ3v) is 6.86. The fourth-order valence-electron chi connectivity index (χ4n) is 3.06. The van der Waals surface area contributed by atoms with Crippen molar-refractivity contribution in [3.05, 3.63) is 95.1 Å². The summed E-state index contributed by atoms with van der Waals surface area (Å²) in [5.74, 6) is -1.08. The minimum Gasteiger partial charge on any atom is -0.350 e. The molecule has 0 bridgehead atoms. The van der Waals surface area contributed by atoms with Crippen molar-refractivity contribution in [2.24, 2.45) is 0 Å². The summed E-state index contributed by atoms with van der Waals surface area (Å²) < 4.78 is 40.3. The van der Waals surface area contributed by atoms with Gasteiger partial charge in [0, 0.05) is 24.5 Å². The number of nitrogens with one attached hydrogen (secondary N) is 1. The fourth-order valence-corrected chi connectivity index (χ4v) is 5.03. The lowest BCUT2D eigenvalue weighted by Crippen LogP contribution is -2.32. The van der Waals surface area contributed by atoms with Crippen molar-refractivity contribution in [2.75, 3.05) is 6.54 Å². The summed E-state index contributed by atoms with van der Waals surface area (Å²) in [4.78, 5) is 16.7. The molecule has 1 atom stereocenters. The Balaban J connectivity index is 1.95. The highest BCUT2D eigenvalue weighted by atomic mass is 32.2. The molecule has 5 nitrogen and oxygen atoms in total. The van der Waals surface area contributed by atoms with E-state index in [1.165, 1.54) is 24.4 Å². The topological polar surface area (TPSA) is 76.1 Å². The number of pyridine rings is 1. The molecule has 1 N–H and O–H groups in total. The van der Waals surface area contributed by atoms with Crippen molar-refractivity contribution in [3.8, 4) is 0 Å². The van der Waals surface area contributed by atoms with Crippen LogP contribution >= 0.6 is 0 Å². The molecule has 0 saturated heterocycles. The maximum atomic E-state index is 13.5. The number of aryl methyl sites for hydroxylation is 2. The number of benzene rings is 2. The molecule has 7 heteroatoms. The molecule has 1 amide bonds. The van der Waals surface area contributed by atoms with E-state index >= 15 is 0 Å². The Hall–Kier alpha value is -3.06. The second kappa shape index (κ2) is 8.53. The number of hydrogen-bond donors (Lipinski definition) is 1. The number of carbonyl (C=O) groups is 1. The van der Waals surface area contributed by atoms with Crippen LogP contribution in [-0.4, -0.2) is 25.9 Å². The number of halogens is 1. The first kappa shape index (κ1) is 20.7. The van der Waals surface area contributed by atoms with E-state index in [-0.39, 0.29) is 17.0 Å². The number of aromatic nitrogens is 1. The number of nitrogens with zero attached hydrogens (tertiary/aromatic N) is 1. The smallest absolute Gasteiger partial charge is 0.251 e. The van der Waals surface area contributed by atoms with Gasteiger partial charge >= 0.3 is 0 Å². The van der Waals surface area contributed by atoms with Crippen molar-refractivity contribution < 1.29 is 17.6 Å². The lowest BCUT2D eigenvalue weighted by atomic mass is 10.2. The molecule has 0 unspecified atom stereocenters. The number of hydrogen-bond acceptors (Lipinski definition) is 4. The molecular formula is C22H21FN2O3S. The van der Waals surface area contributed by atoms with Crippen LogP contribution in [0.15, 0.2) is 71.9 Å². The largest absolute Gasteiger partial charge is 0.350 e. The van der Waals surface area contributed by atoms with E-state index in [4.69, 9.17) is 0 Å². The average molecular weight is 412 g/mol. The predicted molar refractivity (Wildman–Crippen MR) is 109 cm³/mol. The maximum absolute atomic E-state index is 13.5. The SMILES string of the molecule is Cc1ccc(C)c(S(=O)(=O)[C@H](CNC(=O)c2cccc(F)c2)c2cccnc2)c1. The summed E-state index contributed by atoms with van der Waals surface area (Å²) in [7, 11) is -3.82. The molecule has 0 radical (unpaired) electrons. The van der Waals surface area contributed by atoms with E-state index in [1.54, 1.807) is 37.4 Å². The first-order valence-corrected chi connectivity index (χ1v) is 10.6. The van der Waals surface area contributed by atoms with Gasteiger partial charge in [0.1, 0.15) is 11.1 Å². The van der Waals surface area contributed by atoms with Crippen LogP contribution in [0.5, 0.6) is 0 Å². The zero-order chi connectivity index (χ0) is 21.0. The molecule has 3 aromatic rings. The first-order valence-electron chi connectivity index (χ1n) is 9.04. The molecule has 0 saturated carbocycles. The van der Waals surface area contributed by atoms with Gasteiger partial charge in [-0.1, -0.05) is 24.3 Å². The van der Waals surface area contributed by atoms with Crippen molar-refractivity contribution in [1.82, 2.24) is 10.3 Å². The van der Waals surface area contributed by atoms with Crippen LogP contribution in [0.4, 0.5) is 4.39 Å². The van der Waals surface area contributed by atoms with Gasteiger partial charge in [0.25, 0.3) is 5.91 Å². The predicted octanol–water partition coefficient (Wildman–Crippen LogP) is 3.78. The second-order valence-electron chi connectivity index (χ2n) is 6.81. The molecule has 2 aromatic carbocycles.